The average Bonchev–Trinajstić information content (AvgIpc) is 3.20. The summed E-state index contributed by atoms with van der Waals surface area (Å²) in [4.78, 5) is 13.6. The molecule has 1 aliphatic carbocycles. The van der Waals surface area contributed by atoms with Gasteiger partial charge in [-0.3, -0.25) is 4.79 Å². The first kappa shape index (κ1) is 16.7. The van der Waals surface area contributed by atoms with Crippen LogP contribution in [0.1, 0.15) is 30.1 Å². The number of nitrogens with zero attached hydrogens (tertiary/aromatic N) is 1. The Morgan fingerprint density at radius 2 is 2.10 bits per heavy atom. The quantitative estimate of drug-likeness (QED) is 0.714. The normalized spacial score (nSPS) is 15.0. The van der Waals surface area contributed by atoms with E-state index in [2.05, 4.69) is 15.9 Å². The highest BCUT2D eigenvalue weighted by Crippen LogP contribution is 2.33. The van der Waals surface area contributed by atoms with Gasteiger partial charge in [-0.25, -0.2) is 12.8 Å². The number of carbonyl (C=O) groups is 1. The molecule has 1 aromatic carbocycles. The van der Waals surface area contributed by atoms with Crippen molar-refractivity contribution in [2.45, 2.75) is 24.7 Å². The van der Waals surface area contributed by atoms with E-state index in [0.29, 0.717) is 19.0 Å². The third-order valence-corrected chi connectivity index (χ3v) is 5.80. The number of hydrogen-bond donors (Lipinski definition) is 0. The van der Waals surface area contributed by atoms with Crippen molar-refractivity contribution in [2.75, 3.05) is 13.1 Å². The summed E-state index contributed by atoms with van der Waals surface area (Å²) in [6, 6.07) is 1.81. The summed E-state index contributed by atoms with van der Waals surface area (Å²) in [5, 5.41) is 0. The van der Waals surface area contributed by atoms with E-state index in [4.69, 9.17) is 10.7 Å². The summed E-state index contributed by atoms with van der Waals surface area (Å²) in [7, 11) is 1.13. The summed E-state index contributed by atoms with van der Waals surface area (Å²) in [6.45, 7) is 2.90. The molecule has 0 heterocycles. The van der Waals surface area contributed by atoms with Crippen LogP contribution in [0.4, 0.5) is 4.39 Å². The molecule has 8 heteroatoms. The lowest BCUT2D eigenvalue weighted by molar-refractivity contribution is 0.0755. The second-order valence-corrected chi connectivity index (χ2v) is 8.32. The van der Waals surface area contributed by atoms with E-state index in [1.54, 1.807) is 4.90 Å². The minimum absolute atomic E-state index is 0.00172. The van der Waals surface area contributed by atoms with Gasteiger partial charge in [-0.05, 0) is 53.7 Å². The van der Waals surface area contributed by atoms with Crippen molar-refractivity contribution in [3.8, 4) is 0 Å². The third-order valence-electron chi connectivity index (χ3n) is 3.34. The summed E-state index contributed by atoms with van der Waals surface area (Å²) < 4.78 is 36.5. The molecular weight excluding hydrogens is 385 g/mol. The standard InChI is InChI=1S/C13H14BrClFNO3S/c1-2-17(7-8-3-4-8)13(18)10-5-9(16)6-11(12(10)14)21(15,19)20/h5-6,8H,2-4,7H2,1H3. The molecule has 0 N–H and O–H groups in total. The molecule has 0 radical (unpaired) electrons. The van der Waals surface area contributed by atoms with Gasteiger partial charge in [0.15, 0.2) is 0 Å². The number of benzene rings is 1. The summed E-state index contributed by atoms with van der Waals surface area (Å²) in [5.74, 6) is -0.738. The Morgan fingerprint density at radius 1 is 1.48 bits per heavy atom. The van der Waals surface area contributed by atoms with Gasteiger partial charge in [0.05, 0.1) is 10.0 Å². The lowest BCUT2D eigenvalue weighted by Gasteiger charge is -2.21. The first-order valence-electron chi connectivity index (χ1n) is 6.47. The zero-order valence-corrected chi connectivity index (χ0v) is 14.4. The second kappa shape index (κ2) is 6.22. The Labute approximate surface area is 135 Å². The van der Waals surface area contributed by atoms with Gasteiger partial charge in [-0.2, -0.15) is 0 Å². The number of amides is 1. The monoisotopic (exact) mass is 397 g/mol. The molecule has 0 aliphatic heterocycles. The fraction of sp³-hybridized carbons (Fsp3) is 0.462. The van der Waals surface area contributed by atoms with Crippen LogP contribution in [-0.4, -0.2) is 32.3 Å². The van der Waals surface area contributed by atoms with Gasteiger partial charge >= 0.3 is 0 Å². The summed E-state index contributed by atoms with van der Waals surface area (Å²) in [5.41, 5.74) is -0.0308. The van der Waals surface area contributed by atoms with Gasteiger partial charge in [0.25, 0.3) is 15.0 Å². The summed E-state index contributed by atoms with van der Waals surface area (Å²) in [6.07, 6.45) is 2.16. The Morgan fingerprint density at radius 3 is 2.57 bits per heavy atom. The lowest BCUT2D eigenvalue weighted by atomic mass is 10.2. The van der Waals surface area contributed by atoms with Gasteiger partial charge in [0.2, 0.25) is 0 Å². The van der Waals surface area contributed by atoms with Crippen LogP contribution in [0.2, 0.25) is 0 Å². The van der Waals surface area contributed by atoms with E-state index >= 15 is 0 Å². The van der Waals surface area contributed by atoms with E-state index in [1.165, 1.54) is 0 Å². The van der Waals surface area contributed by atoms with Crippen LogP contribution in [0.5, 0.6) is 0 Å². The summed E-state index contributed by atoms with van der Waals surface area (Å²) >= 11 is 3.05. The Kier molecular flexibility index (Phi) is 4.95. The fourth-order valence-electron chi connectivity index (χ4n) is 2.04. The van der Waals surface area contributed by atoms with Crippen LogP contribution < -0.4 is 0 Å². The number of hydrogen-bond acceptors (Lipinski definition) is 3. The Bertz CT molecular complexity index is 676. The van der Waals surface area contributed by atoms with Crippen LogP contribution in [0.25, 0.3) is 0 Å². The number of halogens is 3. The predicted molar refractivity (Wildman–Crippen MR) is 81.4 cm³/mol. The molecule has 0 spiro atoms. The van der Waals surface area contributed by atoms with E-state index in [1.807, 2.05) is 6.92 Å². The molecule has 1 aliphatic rings. The van der Waals surface area contributed by atoms with Crippen molar-refractivity contribution >= 4 is 41.6 Å². The fourth-order valence-corrected chi connectivity index (χ4v) is 4.30. The Balaban J connectivity index is 2.42. The van der Waals surface area contributed by atoms with Gasteiger partial charge in [0.1, 0.15) is 10.7 Å². The maximum absolute atomic E-state index is 13.6. The van der Waals surface area contributed by atoms with E-state index in [-0.39, 0.29) is 10.0 Å². The minimum Gasteiger partial charge on any atom is -0.339 e. The van der Waals surface area contributed by atoms with Crippen LogP contribution >= 0.6 is 26.6 Å². The molecule has 2 rings (SSSR count). The van der Waals surface area contributed by atoms with Crippen LogP contribution in [0, 0.1) is 11.7 Å². The molecule has 21 heavy (non-hydrogen) atoms. The highest BCUT2D eigenvalue weighted by atomic mass is 79.9. The maximum atomic E-state index is 13.6. The van der Waals surface area contributed by atoms with Crippen molar-refractivity contribution < 1.29 is 17.6 Å². The topological polar surface area (TPSA) is 54.5 Å². The molecule has 1 fully saturated rings. The van der Waals surface area contributed by atoms with Crippen molar-refractivity contribution in [1.29, 1.82) is 0 Å². The molecule has 0 saturated heterocycles. The average molecular weight is 399 g/mol. The molecule has 4 nitrogen and oxygen atoms in total. The molecule has 1 amide bonds. The smallest absolute Gasteiger partial charge is 0.262 e. The van der Waals surface area contributed by atoms with Crippen molar-refractivity contribution in [1.82, 2.24) is 4.90 Å². The van der Waals surface area contributed by atoms with E-state index in [9.17, 15) is 17.6 Å². The molecule has 0 unspecified atom stereocenters. The number of carbonyl (C=O) groups excluding carboxylic acids is 1. The minimum atomic E-state index is -4.14. The van der Waals surface area contributed by atoms with Gasteiger partial charge in [-0.1, -0.05) is 0 Å². The molecular formula is C13H14BrClFNO3S. The molecule has 1 aromatic rings. The third kappa shape index (κ3) is 3.96. The molecule has 0 aromatic heterocycles. The van der Waals surface area contributed by atoms with Crippen LogP contribution in [0.3, 0.4) is 0 Å². The van der Waals surface area contributed by atoms with Gasteiger partial charge < -0.3 is 4.90 Å². The zero-order chi connectivity index (χ0) is 15.8. The van der Waals surface area contributed by atoms with Crippen molar-refractivity contribution in [3.63, 3.8) is 0 Å². The van der Waals surface area contributed by atoms with E-state index in [0.717, 1.165) is 25.0 Å². The maximum Gasteiger partial charge on any atom is 0.262 e. The first-order valence-corrected chi connectivity index (χ1v) is 9.57. The predicted octanol–water partition coefficient (Wildman–Crippen LogP) is 3.39. The molecule has 116 valence electrons. The Hall–Kier alpha value is -0.660. The SMILES string of the molecule is CCN(CC1CC1)C(=O)c1cc(F)cc(S(=O)(=O)Cl)c1Br. The van der Waals surface area contributed by atoms with Crippen molar-refractivity contribution in [3.05, 3.63) is 28.0 Å². The highest BCUT2D eigenvalue weighted by Gasteiger charge is 2.29. The number of rotatable bonds is 5. The molecule has 1 saturated carbocycles. The zero-order valence-electron chi connectivity index (χ0n) is 11.3. The lowest BCUT2D eigenvalue weighted by Crippen LogP contribution is -2.33. The van der Waals surface area contributed by atoms with Gasteiger partial charge in [0, 0.05) is 23.8 Å². The van der Waals surface area contributed by atoms with Gasteiger partial charge in [-0.15, -0.1) is 0 Å². The molecule has 0 atom stereocenters. The van der Waals surface area contributed by atoms with E-state index < -0.39 is 25.7 Å². The first-order chi connectivity index (χ1) is 9.74. The largest absolute Gasteiger partial charge is 0.339 e. The highest BCUT2D eigenvalue weighted by molar-refractivity contribution is 9.10. The van der Waals surface area contributed by atoms with Crippen LogP contribution in [0.15, 0.2) is 21.5 Å². The van der Waals surface area contributed by atoms with Crippen LogP contribution in [-0.2, 0) is 9.05 Å². The second-order valence-electron chi connectivity index (χ2n) is 4.99. The van der Waals surface area contributed by atoms with Crippen molar-refractivity contribution in [2.24, 2.45) is 5.92 Å². The molecule has 0 bridgehead atoms.